The third-order valence-corrected chi connectivity index (χ3v) is 5.06. The van der Waals surface area contributed by atoms with Crippen molar-refractivity contribution in [2.45, 2.75) is 25.9 Å². The van der Waals surface area contributed by atoms with E-state index < -0.39 is 0 Å². The summed E-state index contributed by atoms with van der Waals surface area (Å²) in [5.74, 6) is 1.44. The van der Waals surface area contributed by atoms with Crippen LogP contribution >= 0.6 is 8.73 Å². The molecule has 1 aliphatic rings. The molecule has 0 bridgehead atoms. The van der Waals surface area contributed by atoms with Crippen molar-refractivity contribution in [3.05, 3.63) is 70.8 Å². The lowest BCUT2D eigenvalue weighted by atomic mass is 10.1. The SMILES string of the molecule is CC1=CC(Cc2cccc(Oc3cc(C)cc(C#N)c3)c2)PNC1=O. The number of hydrogen-bond acceptors (Lipinski definition) is 3. The van der Waals surface area contributed by atoms with E-state index in [-0.39, 0.29) is 5.91 Å². The molecule has 1 heterocycles. The topological polar surface area (TPSA) is 62.1 Å². The quantitative estimate of drug-likeness (QED) is 0.839. The zero-order valence-corrected chi connectivity index (χ0v) is 15.2. The lowest BCUT2D eigenvalue weighted by Gasteiger charge is -2.20. The van der Waals surface area contributed by atoms with Gasteiger partial charge in [0, 0.05) is 11.2 Å². The average molecular weight is 350 g/mol. The van der Waals surface area contributed by atoms with Crippen molar-refractivity contribution in [2.75, 3.05) is 0 Å². The molecule has 1 amide bonds. The van der Waals surface area contributed by atoms with E-state index in [1.54, 1.807) is 6.07 Å². The minimum Gasteiger partial charge on any atom is -0.457 e. The zero-order chi connectivity index (χ0) is 17.8. The van der Waals surface area contributed by atoms with Gasteiger partial charge in [-0.15, -0.1) is 0 Å². The first-order valence-corrected chi connectivity index (χ1v) is 9.14. The number of amides is 1. The normalized spacial score (nSPS) is 17.6. The van der Waals surface area contributed by atoms with E-state index in [2.05, 4.69) is 17.2 Å². The molecule has 0 radical (unpaired) electrons. The number of nitriles is 1. The molecule has 1 N–H and O–H groups in total. The number of nitrogens with zero attached hydrogens (tertiary/aromatic N) is 1. The molecule has 0 saturated heterocycles. The first kappa shape index (κ1) is 17.2. The summed E-state index contributed by atoms with van der Waals surface area (Å²) >= 11 is 0. The van der Waals surface area contributed by atoms with Gasteiger partial charge >= 0.3 is 0 Å². The molecule has 126 valence electrons. The Hall–Kier alpha value is -2.63. The van der Waals surface area contributed by atoms with Crippen LogP contribution in [0.2, 0.25) is 0 Å². The first-order valence-electron chi connectivity index (χ1n) is 8.06. The summed E-state index contributed by atoms with van der Waals surface area (Å²) in [7, 11) is 0.399. The summed E-state index contributed by atoms with van der Waals surface area (Å²) in [5.41, 5.74) is 3.83. The maximum atomic E-state index is 11.5. The second-order valence-corrected chi connectivity index (χ2v) is 7.44. The van der Waals surface area contributed by atoms with Gasteiger partial charge in [-0.2, -0.15) is 5.26 Å². The summed E-state index contributed by atoms with van der Waals surface area (Å²) in [5, 5.41) is 12.0. The van der Waals surface area contributed by atoms with Gasteiger partial charge in [0.05, 0.1) is 11.6 Å². The molecule has 4 nitrogen and oxygen atoms in total. The highest BCUT2D eigenvalue weighted by molar-refractivity contribution is 7.38. The number of carbonyl (C=O) groups is 1. The Morgan fingerprint density at radius 1 is 1.20 bits per heavy atom. The van der Waals surface area contributed by atoms with E-state index in [0.717, 1.165) is 28.9 Å². The van der Waals surface area contributed by atoms with Crippen LogP contribution in [0.15, 0.2) is 54.1 Å². The lowest BCUT2D eigenvalue weighted by molar-refractivity contribution is -0.115. The molecule has 0 saturated carbocycles. The molecule has 2 aromatic rings. The van der Waals surface area contributed by atoms with Crippen LogP contribution in [0.1, 0.15) is 23.6 Å². The Balaban J connectivity index is 1.75. The zero-order valence-electron chi connectivity index (χ0n) is 14.2. The van der Waals surface area contributed by atoms with E-state index in [9.17, 15) is 4.79 Å². The number of benzene rings is 2. The molecule has 2 unspecified atom stereocenters. The number of allylic oxidation sites excluding steroid dienone is 1. The fourth-order valence-electron chi connectivity index (χ4n) is 2.78. The standard InChI is InChI=1S/C20H19N2O2P/c1-13-6-16(12-21)10-18(7-13)24-17-5-3-4-15(9-17)11-19-8-14(2)20(23)22-25-19/h3-10,19,25H,11H2,1-2H3,(H,22,23). The van der Waals surface area contributed by atoms with Crippen LogP contribution in [0, 0.1) is 18.3 Å². The number of rotatable bonds is 4. The Bertz CT molecular complexity index is 884. The summed E-state index contributed by atoms with van der Waals surface area (Å²) in [6, 6.07) is 15.6. The molecular formula is C20H19N2O2P. The molecule has 0 spiro atoms. The van der Waals surface area contributed by atoms with Crippen molar-refractivity contribution in [3.8, 4) is 17.6 Å². The van der Waals surface area contributed by atoms with Crippen molar-refractivity contribution in [3.63, 3.8) is 0 Å². The summed E-state index contributed by atoms with van der Waals surface area (Å²) in [4.78, 5) is 11.5. The monoisotopic (exact) mass is 350 g/mol. The van der Waals surface area contributed by atoms with Gasteiger partial charge in [-0.1, -0.05) is 18.2 Å². The summed E-state index contributed by atoms with van der Waals surface area (Å²) in [6.07, 6.45) is 2.90. The first-order chi connectivity index (χ1) is 12.0. The van der Waals surface area contributed by atoms with Gasteiger partial charge in [0.15, 0.2) is 0 Å². The second-order valence-electron chi connectivity index (χ2n) is 6.15. The van der Waals surface area contributed by atoms with Gasteiger partial charge in [-0.3, -0.25) is 4.79 Å². The molecule has 1 aliphatic heterocycles. The Morgan fingerprint density at radius 3 is 2.80 bits per heavy atom. The van der Waals surface area contributed by atoms with Gasteiger partial charge in [0.25, 0.3) is 0 Å². The second kappa shape index (κ2) is 7.51. The van der Waals surface area contributed by atoms with Crippen molar-refractivity contribution >= 4 is 14.6 Å². The van der Waals surface area contributed by atoms with Gasteiger partial charge in [0.1, 0.15) is 11.5 Å². The predicted molar refractivity (Wildman–Crippen MR) is 100 cm³/mol. The van der Waals surface area contributed by atoms with Gasteiger partial charge < -0.3 is 9.82 Å². The van der Waals surface area contributed by atoms with Crippen molar-refractivity contribution in [2.24, 2.45) is 0 Å². The van der Waals surface area contributed by atoms with Crippen LogP contribution in [-0.4, -0.2) is 11.6 Å². The van der Waals surface area contributed by atoms with Gasteiger partial charge in [-0.25, -0.2) is 0 Å². The largest absolute Gasteiger partial charge is 0.457 e. The van der Waals surface area contributed by atoms with Crippen molar-refractivity contribution in [1.29, 1.82) is 5.26 Å². The van der Waals surface area contributed by atoms with E-state index in [1.165, 1.54) is 0 Å². The molecule has 0 aromatic heterocycles. The third kappa shape index (κ3) is 4.47. The van der Waals surface area contributed by atoms with E-state index in [0.29, 0.717) is 25.7 Å². The Labute approximate surface area is 149 Å². The number of aryl methyl sites for hydroxylation is 1. The lowest BCUT2D eigenvalue weighted by Crippen LogP contribution is -2.24. The fourth-order valence-corrected chi connectivity index (χ4v) is 3.97. The molecule has 5 heteroatoms. The molecular weight excluding hydrogens is 331 g/mol. The average Bonchev–Trinajstić information content (AvgIpc) is 2.58. The number of hydrogen-bond donors (Lipinski definition) is 1. The van der Waals surface area contributed by atoms with Crippen LogP contribution in [0.4, 0.5) is 0 Å². The van der Waals surface area contributed by atoms with Crippen LogP contribution < -0.4 is 9.82 Å². The minimum atomic E-state index is 0.0272. The summed E-state index contributed by atoms with van der Waals surface area (Å²) in [6.45, 7) is 3.78. The van der Waals surface area contributed by atoms with E-state index in [4.69, 9.17) is 10.00 Å². The van der Waals surface area contributed by atoms with E-state index >= 15 is 0 Å². The minimum absolute atomic E-state index is 0.0272. The van der Waals surface area contributed by atoms with Crippen LogP contribution in [0.25, 0.3) is 0 Å². The highest BCUT2D eigenvalue weighted by atomic mass is 31.1. The predicted octanol–water partition coefficient (Wildman–Crippen LogP) is 4.24. The third-order valence-electron chi connectivity index (χ3n) is 3.95. The van der Waals surface area contributed by atoms with Crippen molar-refractivity contribution in [1.82, 2.24) is 5.09 Å². The maximum Gasteiger partial charge on any atom is 0.249 e. The smallest absolute Gasteiger partial charge is 0.249 e. The summed E-state index contributed by atoms with van der Waals surface area (Å²) < 4.78 is 5.94. The molecule has 3 rings (SSSR count). The Kier molecular flexibility index (Phi) is 5.16. The molecule has 2 atom stereocenters. The highest BCUT2D eigenvalue weighted by Crippen LogP contribution is 2.29. The number of nitrogens with one attached hydrogen (secondary N) is 1. The highest BCUT2D eigenvalue weighted by Gasteiger charge is 2.17. The van der Waals surface area contributed by atoms with Crippen LogP contribution in [0.3, 0.4) is 0 Å². The Morgan fingerprint density at radius 2 is 2.04 bits per heavy atom. The van der Waals surface area contributed by atoms with E-state index in [1.807, 2.05) is 50.3 Å². The van der Waals surface area contributed by atoms with Crippen LogP contribution in [0.5, 0.6) is 11.5 Å². The fraction of sp³-hybridized carbons (Fsp3) is 0.200. The maximum absolute atomic E-state index is 11.5. The molecule has 0 fully saturated rings. The number of ether oxygens (including phenoxy) is 1. The van der Waals surface area contributed by atoms with Gasteiger partial charge in [0.2, 0.25) is 5.91 Å². The molecule has 25 heavy (non-hydrogen) atoms. The van der Waals surface area contributed by atoms with Gasteiger partial charge in [-0.05, 0) is 70.5 Å². The molecule has 2 aromatic carbocycles. The van der Waals surface area contributed by atoms with Crippen LogP contribution in [-0.2, 0) is 11.2 Å². The van der Waals surface area contributed by atoms with Crippen molar-refractivity contribution < 1.29 is 9.53 Å². The number of carbonyl (C=O) groups excluding carboxylic acids is 1. The molecule has 0 aliphatic carbocycles.